The fourth-order valence-corrected chi connectivity index (χ4v) is 4.29. The van der Waals surface area contributed by atoms with Crippen molar-refractivity contribution in [3.05, 3.63) is 28.2 Å². The van der Waals surface area contributed by atoms with Gasteiger partial charge in [-0.3, -0.25) is 0 Å². The van der Waals surface area contributed by atoms with Gasteiger partial charge in [0.25, 0.3) is 0 Å². The van der Waals surface area contributed by atoms with Gasteiger partial charge in [0.2, 0.25) is 0 Å². The number of benzene rings is 1. The summed E-state index contributed by atoms with van der Waals surface area (Å²) in [5, 5.41) is 4.04. The molecule has 1 unspecified atom stereocenters. The van der Waals surface area contributed by atoms with Crippen LogP contribution in [0.3, 0.4) is 0 Å². The van der Waals surface area contributed by atoms with Crippen LogP contribution in [0.4, 0.5) is 0 Å². The summed E-state index contributed by atoms with van der Waals surface area (Å²) < 4.78 is 24.7. The maximum absolute atomic E-state index is 12.3. The summed E-state index contributed by atoms with van der Waals surface area (Å²) in [5.41, 5.74) is 0. The lowest BCUT2D eigenvalue weighted by Gasteiger charge is -2.16. The number of hydrogen-bond acceptors (Lipinski definition) is 3. The molecule has 0 amide bonds. The summed E-state index contributed by atoms with van der Waals surface area (Å²) in [4.78, 5) is 0.131. The van der Waals surface area contributed by atoms with Gasteiger partial charge in [-0.25, -0.2) is 8.42 Å². The molecule has 0 aliphatic carbocycles. The van der Waals surface area contributed by atoms with Gasteiger partial charge >= 0.3 is 0 Å². The van der Waals surface area contributed by atoms with Crippen LogP contribution in [-0.4, -0.2) is 26.8 Å². The van der Waals surface area contributed by atoms with E-state index >= 15 is 0 Å². The summed E-state index contributed by atoms with van der Waals surface area (Å²) in [5.74, 6) is 0.0946. The molecule has 1 atom stereocenters. The zero-order valence-corrected chi connectivity index (χ0v) is 14.9. The zero-order valence-electron chi connectivity index (χ0n) is 12.5. The van der Waals surface area contributed by atoms with E-state index in [9.17, 15) is 8.42 Å². The standard InChI is InChI=1S/C15H23Cl2NO2S/c1-3-9-18-13(4-2)6-5-10-21(19,20)15-11-12(16)7-8-14(15)17/h7-8,11,13,18H,3-6,9-10H2,1-2H3. The van der Waals surface area contributed by atoms with Gasteiger partial charge in [-0.15, -0.1) is 0 Å². The molecule has 120 valence electrons. The predicted molar refractivity (Wildman–Crippen MR) is 90.1 cm³/mol. The minimum atomic E-state index is -3.38. The SMILES string of the molecule is CCCNC(CC)CCCS(=O)(=O)c1cc(Cl)ccc1Cl. The third kappa shape index (κ3) is 6.15. The molecule has 0 bridgehead atoms. The summed E-state index contributed by atoms with van der Waals surface area (Å²) in [6, 6.07) is 4.90. The van der Waals surface area contributed by atoms with Gasteiger partial charge in [-0.2, -0.15) is 0 Å². The fraction of sp³-hybridized carbons (Fsp3) is 0.600. The smallest absolute Gasteiger partial charge is 0.179 e. The quantitative estimate of drug-likeness (QED) is 0.720. The van der Waals surface area contributed by atoms with E-state index in [1.54, 1.807) is 6.07 Å². The molecule has 0 heterocycles. The number of hydrogen-bond donors (Lipinski definition) is 1. The predicted octanol–water partition coefficient (Wildman–Crippen LogP) is 4.33. The van der Waals surface area contributed by atoms with Crippen molar-refractivity contribution in [2.24, 2.45) is 0 Å². The average molecular weight is 352 g/mol. The molecule has 0 saturated heterocycles. The highest BCUT2D eigenvalue weighted by molar-refractivity contribution is 7.91. The first kappa shape index (κ1) is 18.8. The minimum absolute atomic E-state index is 0.0946. The Kier molecular flexibility index (Phi) is 8.03. The molecule has 1 N–H and O–H groups in total. The Morgan fingerprint density at radius 2 is 1.95 bits per heavy atom. The Bertz CT molecular complexity index is 547. The molecule has 3 nitrogen and oxygen atoms in total. The second kappa shape index (κ2) is 8.99. The normalized spacial score (nSPS) is 13.3. The van der Waals surface area contributed by atoms with E-state index in [0.717, 1.165) is 25.8 Å². The van der Waals surface area contributed by atoms with Gasteiger partial charge in [0.15, 0.2) is 9.84 Å². The molecule has 1 aromatic rings. The topological polar surface area (TPSA) is 46.2 Å². The van der Waals surface area contributed by atoms with Crippen molar-refractivity contribution in [2.45, 2.75) is 50.5 Å². The molecular formula is C15H23Cl2NO2S. The summed E-state index contributed by atoms with van der Waals surface area (Å²) in [7, 11) is -3.38. The van der Waals surface area contributed by atoms with E-state index in [1.807, 2.05) is 0 Å². The molecule has 0 aliphatic rings. The van der Waals surface area contributed by atoms with Crippen LogP contribution in [0.2, 0.25) is 10.0 Å². The molecule has 0 aliphatic heterocycles. The third-order valence-electron chi connectivity index (χ3n) is 3.37. The van der Waals surface area contributed by atoms with Gasteiger partial charge in [0, 0.05) is 11.1 Å². The van der Waals surface area contributed by atoms with Crippen LogP contribution in [0.5, 0.6) is 0 Å². The Morgan fingerprint density at radius 1 is 1.24 bits per heavy atom. The summed E-state index contributed by atoms with van der Waals surface area (Å²) >= 11 is 11.8. The van der Waals surface area contributed by atoms with Gasteiger partial charge in [-0.1, -0.05) is 37.0 Å². The minimum Gasteiger partial charge on any atom is -0.314 e. The van der Waals surface area contributed by atoms with Crippen molar-refractivity contribution in [1.82, 2.24) is 5.32 Å². The van der Waals surface area contributed by atoms with Crippen LogP contribution in [0.1, 0.15) is 39.5 Å². The van der Waals surface area contributed by atoms with Gasteiger partial charge in [0.1, 0.15) is 0 Å². The van der Waals surface area contributed by atoms with Gasteiger partial charge in [-0.05, 0) is 50.4 Å². The molecular weight excluding hydrogens is 329 g/mol. The fourth-order valence-electron chi connectivity index (χ4n) is 2.14. The first-order valence-corrected chi connectivity index (χ1v) is 9.72. The lowest BCUT2D eigenvalue weighted by molar-refractivity contribution is 0.463. The van der Waals surface area contributed by atoms with Crippen molar-refractivity contribution in [2.75, 3.05) is 12.3 Å². The summed E-state index contributed by atoms with van der Waals surface area (Å²) in [6.07, 6.45) is 3.53. The van der Waals surface area contributed by atoms with Crippen LogP contribution in [-0.2, 0) is 9.84 Å². The van der Waals surface area contributed by atoms with Crippen molar-refractivity contribution >= 4 is 33.0 Å². The zero-order chi connectivity index (χ0) is 15.9. The number of rotatable bonds is 9. The highest BCUT2D eigenvalue weighted by atomic mass is 35.5. The first-order chi connectivity index (χ1) is 9.90. The average Bonchev–Trinajstić information content (AvgIpc) is 2.45. The van der Waals surface area contributed by atoms with E-state index in [-0.39, 0.29) is 15.7 Å². The molecule has 6 heteroatoms. The largest absolute Gasteiger partial charge is 0.314 e. The molecule has 1 aromatic carbocycles. The Balaban J connectivity index is 2.62. The summed E-state index contributed by atoms with van der Waals surface area (Å²) in [6.45, 7) is 5.19. The van der Waals surface area contributed by atoms with Crippen LogP contribution in [0.25, 0.3) is 0 Å². The molecule has 0 spiro atoms. The van der Waals surface area contributed by atoms with E-state index in [4.69, 9.17) is 23.2 Å². The highest BCUT2D eigenvalue weighted by Crippen LogP contribution is 2.26. The van der Waals surface area contributed by atoms with E-state index < -0.39 is 9.84 Å². The van der Waals surface area contributed by atoms with Gasteiger partial charge in [0.05, 0.1) is 15.7 Å². The van der Waals surface area contributed by atoms with E-state index in [2.05, 4.69) is 19.2 Å². The lowest BCUT2D eigenvalue weighted by atomic mass is 10.1. The van der Waals surface area contributed by atoms with Crippen LogP contribution in [0.15, 0.2) is 23.1 Å². The second-order valence-electron chi connectivity index (χ2n) is 5.10. The molecule has 21 heavy (non-hydrogen) atoms. The Morgan fingerprint density at radius 3 is 2.57 bits per heavy atom. The Hall–Kier alpha value is -0.290. The maximum atomic E-state index is 12.3. The number of halogens is 2. The molecule has 1 rings (SSSR count). The maximum Gasteiger partial charge on any atom is 0.179 e. The van der Waals surface area contributed by atoms with E-state index in [1.165, 1.54) is 12.1 Å². The number of nitrogens with one attached hydrogen (secondary N) is 1. The van der Waals surface area contributed by atoms with Crippen molar-refractivity contribution in [3.8, 4) is 0 Å². The van der Waals surface area contributed by atoms with Gasteiger partial charge < -0.3 is 5.32 Å². The number of sulfone groups is 1. The molecule has 0 fully saturated rings. The molecule has 0 saturated carbocycles. The molecule has 0 radical (unpaired) electrons. The van der Waals surface area contributed by atoms with Crippen molar-refractivity contribution < 1.29 is 8.42 Å². The molecule has 0 aromatic heterocycles. The van der Waals surface area contributed by atoms with Crippen molar-refractivity contribution in [3.63, 3.8) is 0 Å². The Labute approximate surface area is 137 Å². The van der Waals surface area contributed by atoms with Crippen LogP contribution >= 0.6 is 23.2 Å². The van der Waals surface area contributed by atoms with Crippen molar-refractivity contribution in [1.29, 1.82) is 0 Å². The lowest BCUT2D eigenvalue weighted by Crippen LogP contribution is -2.29. The monoisotopic (exact) mass is 351 g/mol. The first-order valence-electron chi connectivity index (χ1n) is 7.32. The second-order valence-corrected chi connectivity index (χ2v) is 8.02. The van der Waals surface area contributed by atoms with Crippen LogP contribution in [0, 0.1) is 0 Å². The van der Waals surface area contributed by atoms with Crippen LogP contribution < -0.4 is 5.32 Å². The highest BCUT2D eigenvalue weighted by Gasteiger charge is 2.19. The van der Waals surface area contributed by atoms with E-state index in [0.29, 0.717) is 17.5 Å². The third-order valence-corrected chi connectivity index (χ3v) is 5.88.